The van der Waals surface area contributed by atoms with E-state index >= 15 is 0 Å². The highest BCUT2D eigenvalue weighted by molar-refractivity contribution is 5.90. The van der Waals surface area contributed by atoms with Crippen LogP contribution in [-0.4, -0.2) is 40.0 Å². The van der Waals surface area contributed by atoms with Gasteiger partial charge in [0.1, 0.15) is 6.10 Å². The van der Waals surface area contributed by atoms with Crippen molar-refractivity contribution in [2.75, 3.05) is 6.61 Å². The largest absolute Gasteiger partial charge is 0.478 e. The summed E-state index contributed by atoms with van der Waals surface area (Å²) in [6, 6.07) is 4.31. The molecule has 6 heteroatoms. The maximum atomic E-state index is 11.3. The molecule has 0 saturated carbocycles. The zero-order valence-electron chi connectivity index (χ0n) is 10.7. The first-order chi connectivity index (χ1) is 8.88. The molecule has 0 radical (unpaired) electrons. The molecule has 6 nitrogen and oxygen atoms in total. The van der Waals surface area contributed by atoms with E-state index in [-0.39, 0.29) is 17.7 Å². The number of carbonyl (C=O) groups is 2. The van der Waals surface area contributed by atoms with Crippen molar-refractivity contribution in [3.05, 3.63) is 34.9 Å². The highest BCUT2D eigenvalue weighted by atomic mass is 16.5. The van der Waals surface area contributed by atoms with Crippen LogP contribution in [0.3, 0.4) is 0 Å². The minimum atomic E-state index is -1.82. The lowest BCUT2D eigenvalue weighted by atomic mass is 9.97. The van der Waals surface area contributed by atoms with Gasteiger partial charge < -0.3 is 20.1 Å². The average Bonchev–Trinajstić information content (AvgIpc) is 2.37. The smallest absolute Gasteiger partial charge is 0.338 e. The minimum Gasteiger partial charge on any atom is -0.478 e. The van der Waals surface area contributed by atoms with Crippen LogP contribution in [0.2, 0.25) is 0 Å². The normalized spacial score (nSPS) is 13.7. The van der Waals surface area contributed by atoms with E-state index in [1.165, 1.54) is 12.1 Å². The van der Waals surface area contributed by atoms with E-state index in [0.29, 0.717) is 5.56 Å². The quantitative estimate of drug-likeness (QED) is 0.677. The Labute approximate surface area is 110 Å². The van der Waals surface area contributed by atoms with Crippen molar-refractivity contribution in [2.24, 2.45) is 0 Å². The molecule has 0 saturated heterocycles. The number of carboxylic acids is 1. The minimum absolute atomic E-state index is 0.0290. The zero-order valence-corrected chi connectivity index (χ0v) is 10.7. The van der Waals surface area contributed by atoms with E-state index in [2.05, 4.69) is 4.74 Å². The third-order valence-corrected chi connectivity index (χ3v) is 2.59. The molecule has 2 atom stereocenters. The molecule has 1 aromatic rings. The second-order valence-electron chi connectivity index (χ2n) is 4.04. The van der Waals surface area contributed by atoms with Gasteiger partial charge in [0.05, 0.1) is 12.2 Å². The fourth-order valence-electron chi connectivity index (χ4n) is 1.64. The molecule has 3 N–H and O–H groups in total. The van der Waals surface area contributed by atoms with Crippen LogP contribution in [0.1, 0.15) is 34.5 Å². The third kappa shape index (κ3) is 3.52. The van der Waals surface area contributed by atoms with Crippen LogP contribution < -0.4 is 0 Å². The molecule has 0 bridgehead atoms. The fourth-order valence-corrected chi connectivity index (χ4v) is 1.64. The van der Waals surface area contributed by atoms with Crippen molar-refractivity contribution >= 4 is 11.9 Å². The van der Waals surface area contributed by atoms with Crippen LogP contribution in [0.25, 0.3) is 0 Å². The molecule has 1 aromatic carbocycles. The summed E-state index contributed by atoms with van der Waals surface area (Å²) in [6.45, 7) is 3.32. The van der Waals surface area contributed by atoms with Gasteiger partial charge in [0.2, 0.25) is 0 Å². The number of aromatic carboxylic acids is 1. The Hall–Kier alpha value is -1.92. The summed E-state index contributed by atoms with van der Waals surface area (Å²) in [4.78, 5) is 22.4. The number of hydrogen-bond acceptors (Lipinski definition) is 5. The average molecular weight is 268 g/mol. The number of aryl methyl sites for hydroxylation is 1. The number of benzene rings is 1. The summed E-state index contributed by atoms with van der Waals surface area (Å²) in [5, 5.41) is 28.6. The maximum Gasteiger partial charge on any atom is 0.338 e. The lowest BCUT2D eigenvalue weighted by Crippen LogP contribution is -2.30. The molecule has 1 rings (SSSR count). The second-order valence-corrected chi connectivity index (χ2v) is 4.04. The lowest BCUT2D eigenvalue weighted by Gasteiger charge is -2.18. The molecule has 0 aliphatic rings. The lowest BCUT2D eigenvalue weighted by molar-refractivity contribution is -0.159. The van der Waals surface area contributed by atoms with Gasteiger partial charge in [-0.25, -0.2) is 9.59 Å². The van der Waals surface area contributed by atoms with Gasteiger partial charge in [-0.1, -0.05) is 17.7 Å². The molecule has 104 valence electrons. The summed E-state index contributed by atoms with van der Waals surface area (Å²) in [5.41, 5.74) is 0.508. The molecule has 0 aliphatic carbocycles. The molecule has 0 aliphatic heterocycles. The third-order valence-electron chi connectivity index (χ3n) is 2.59. The predicted molar refractivity (Wildman–Crippen MR) is 65.7 cm³/mol. The van der Waals surface area contributed by atoms with Crippen molar-refractivity contribution < 1.29 is 29.6 Å². The number of hydrogen-bond donors (Lipinski definition) is 3. The standard InChI is InChI=1S/C13H16O6/c1-3-19-13(18)11(15)10(14)8-5-4-7(2)6-9(8)12(16)17/h4-6,10-11,14-15H,3H2,1-2H3,(H,16,17). The van der Waals surface area contributed by atoms with Crippen LogP contribution in [0.15, 0.2) is 18.2 Å². The number of aliphatic hydroxyl groups is 2. The summed E-state index contributed by atoms with van der Waals surface area (Å²) < 4.78 is 4.57. The number of esters is 1. The van der Waals surface area contributed by atoms with Crippen molar-refractivity contribution in [3.8, 4) is 0 Å². The van der Waals surface area contributed by atoms with Gasteiger partial charge >= 0.3 is 11.9 Å². The van der Waals surface area contributed by atoms with E-state index in [4.69, 9.17) is 5.11 Å². The zero-order chi connectivity index (χ0) is 14.6. The van der Waals surface area contributed by atoms with Gasteiger partial charge in [-0.3, -0.25) is 0 Å². The Morgan fingerprint density at radius 3 is 2.47 bits per heavy atom. The molecule has 19 heavy (non-hydrogen) atoms. The van der Waals surface area contributed by atoms with Crippen molar-refractivity contribution in [1.29, 1.82) is 0 Å². The first kappa shape index (κ1) is 15.1. The van der Waals surface area contributed by atoms with Crippen LogP contribution in [0.5, 0.6) is 0 Å². The van der Waals surface area contributed by atoms with Gasteiger partial charge in [0, 0.05) is 0 Å². The van der Waals surface area contributed by atoms with Gasteiger partial charge in [0.15, 0.2) is 6.10 Å². The molecule has 0 fully saturated rings. The number of carbonyl (C=O) groups excluding carboxylic acids is 1. The van der Waals surface area contributed by atoms with Gasteiger partial charge in [0.25, 0.3) is 0 Å². The Bertz CT molecular complexity index is 482. The predicted octanol–water partition coefficient (Wildman–Crippen LogP) is 0.651. The Morgan fingerprint density at radius 2 is 1.95 bits per heavy atom. The molecular weight excluding hydrogens is 252 g/mol. The van der Waals surface area contributed by atoms with Crippen LogP contribution in [-0.2, 0) is 9.53 Å². The van der Waals surface area contributed by atoms with E-state index in [1.807, 2.05) is 0 Å². The first-order valence-electron chi connectivity index (χ1n) is 5.75. The number of carboxylic acid groups (broad SMARTS) is 1. The maximum absolute atomic E-state index is 11.3. The molecular formula is C13H16O6. The van der Waals surface area contributed by atoms with E-state index < -0.39 is 24.1 Å². The summed E-state index contributed by atoms with van der Waals surface area (Å²) >= 11 is 0. The highest BCUT2D eigenvalue weighted by Crippen LogP contribution is 2.23. The van der Waals surface area contributed by atoms with Crippen LogP contribution >= 0.6 is 0 Å². The Morgan fingerprint density at radius 1 is 1.32 bits per heavy atom. The summed E-state index contributed by atoms with van der Waals surface area (Å²) in [5.74, 6) is -2.24. The molecule has 0 amide bonds. The fraction of sp³-hybridized carbons (Fsp3) is 0.385. The number of rotatable bonds is 5. The topological polar surface area (TPSA) is 104 Å². The summed E-state index contributed by atoms with van der Waals surface area (Å²) in [6.07, 6.45) is -3.47. The van der Waals surface area contributed by atoms with Crippen molar-refractivity contribution in [2.45, 2.75) is 26.1 Å². The Kier molecular flexibility index (Phi) is 5.02. The van der Waals surface area contributed by atoms with Crippen LogP contribution in [0.4, 0.5) is 0 Å². The Balaban J connectivity index is 3.08. The molecule has 0 aromatic heterocycles. The van der Waals surface area contributed by atoms with Crippen molar-refractivity contribution in [3.63, 3.8) is 0 Å². The van der Waals surface area contributed by atoms with E-state index in [0.717, 1.165) is 0 Å². The monoisotopic (exact) mass is 268 g/mol. The summed E-state index contributed by atoms with van der Waals surface area (Å²) in [7, 11) is 0. The molecule has 0 heterocycles. The van der Waals surface area contributed by atoms with Gasteiger partial charge in [-0.15, -0.1) is 0 Å². The molecule has 0 spiro atoms. The second kappa shape index (κ2) is 6.31. The van der Waals surface area contributed by atoms with Gasteiger partial charge in [-0.05, 0) is 25.5 Å². The van der Waals surface area contributed by atoms with E-state index in [1.54, 1.807) is 19.9 Å². The SMILES string of the molecule is CCOC(=O)C(O)C(O)c1ccc(C)cc1C(=O)O. The van der Waals surface area contributed by atoms with Crippen LogP contribution in [0, 0.1) is 6.92 Å². The van der Waals surface area contributed by atoms with Gasteiger partial charge in [-0.2, -0.15) is 0 Å². The molecule has 2 unspecified atom stereocenters. The van der Waals surface area contributed by atoms with E-state index in [9.17, 15) is 19.8 Å². The first-order valence-corrected chi connectivity index (χ1v) is 5.75. The van der Waals surface area contributed by atoms with Crippen molar-refractivity contribution in [1.82, 2.24) is 0 Å². The number of ether oxygens (including phenoxy) is 1. The number of aliphatic hydroxyl groups excluding tert-OH is 2. The highest BCUT2D eigenvalue weighted by Gasteiger charge is 2.29.